The number of benzene rings is 1. The summed E-state index contributed by atoms with van der Waals surface area (Å²) in [5.41, 5.74) is -0.756. The highest BCUT2D eigenvalue weighted by Gasteiger charge is 2.45. The molecule has 0 aromatic heterocycles. The predicted molar refractivity (Wildman–Crippen MR) is 86.5 cm³/mol. The first-order valence-electron chi connectivity index (χ1n) is 8.01. The number of Topliss-reactive ketones (excluding diaryl/α,β-unsaturated/α-hetero) is 2. The second kappa shape index (κ2) is 6.91. The summed E-state index contributed by atoms with van der Waals surface area (Å²) in [6.45, 7) is 0.597. The highest BCUT2D eigenvalue weighted by atomic mass is 16.7. The fourth-order valence-electron chi connectivity index (χ4n) is 2.97. The smallest absolute Gasteiger partial charge is 0.232 e. The predicted octanol–water partition coefficient (Wildman–Crippen LogP) is -1.22. The van der Waals surface area contributed by atoms with E-state index in [-0.39, 0.29) is 16.9 Å². The number of aromatic hydroxyl groups is 1. The van der Waals surface area contributed by atoms with Crippen LogP contribution in [0, 0.1) is 0 Å². The van der Waals surface area contributed by atoms with Gasteiger partial charge in [-0.1, -0.05) is 0 Å². The molecule has 1 aliphatic carbocycles. The number of aliphatic hydroxyl groups excluding tert-OH is 5. The lowest BCUT2D eigenvalue weighted by Crippen LogP contribution is -2.60. The SMILES string of the molecule is CC1=C(O)C(=O)c2c(ccc(O[C@@H]3OC(CO)[C@@H](O)[C@H](O)[C@H]3O)c2O)C1=O. The zero-order valence-corrected chi connectivity index (χ0v) is 14.1. The number of hydrogen-bond acceptors (Lipinski definition) is 10. The number of carbonyl (C=O) groups is 2. The molecule has 0 spiro atoms. The Morgan fingerprint density at radius 2 is 1.70 bits per heavy atom. The van der Waals surface area contributed by atoms with Crippen LogP contribution >= 0.6 is 0 Å². The minimum atomic E-state index is -1.73. The summed E-state index contributed by atoms with van der Waals surface area (Å²) in [5.74, 6) is -3.54. The zero-order valence-electron chi connectivity index (χ0n) is 14.1. The highest BCUT2D eigenvalue weighted by molar-refractivity contribution is 6.27. The van der Waals surface area contributed by atoms with Crippen LogP contribution in [0.5, 0.6) is 11.5 Å². The van der Waals surface area contributed by atoms with E-state index in [4.69, 9.17) is 9.47 Å². The fraction of sp³-hybridized carbons (Fsp3) is 0.412. The number of aliphatic hydroxyl groups is 5. The molecule has 1 aromatic rings. The topological polar surface area (TPSA) is 174 Å². The number of rotatable bonds is 3. The summed E-state index contributed by atoms with van der Waals surface area (Å²) >= 11 is 0. The van der Waals surface area contributed by atoms with E-state index in [1.54, 1.807) is 0 Å². The van der Waals surface area contributed by atoms with Gasteiger partial charge in [0, 0.05) is 11.1 Å². The van der Waals surface area contributed by atoms with E-state index in [9.17, 15) is 40.2 Å². The molecular weight excluding hydrogens is 364 g/mol. The molecule has 1 saturated heterocycles. The Morgan fingerprint density at radius 3 is 2.33 bits per heavy atom. The Labute approximate surface area is 152 Å². The summed E-state index contributed by atoms with van der Waals surface area (Å²) in [5, 5.41) is 58.8. The van der Waals surface area contributed by atoms with Crippen molar-refractivity contribution in [1.82, 2.24) is 0 Å². The van der Waals surface area contributed by atoms with E-state index in [1.165, 1.54) is 13.0 Å². The first-order chi connectivity index (χ1) is 12.7. The summed E-state index contributed by atoms with van der Waals surface area (Å²) in [6.07, 6.45) is -7.84. The third kappa shape index (κ3) is 2.97. The quantitative estimate of drug-likeness (QED) is 0.372. The number of carbonyl (C=O) groups excluding carboxylic acids is 2. The molecule has 0 bridgehead atoms. The van der Waals surface area contributed by atoms with Crippen molar-refractivity contribution < 1.29 is 49.7 Å². The third-order valence-electron chi connectivity index (χ3n) is 4.62. The lowest BCUT2D eigenvalue weighted by molar-refractivity contribution is -0.277. The van der Waals surface area contributed by atoms with Gasteiger partial charge >= 0.3 is 0 Å². The van der Waals surface area contributed by atoms with Gasteiger partial charge in [0.05, 0.1) is 12.2 Å². The molecule has 1 unspecified atom stereocenters. The maximum Gasteiger partial charge on any atom is 0.232 e. The first-order valence-corrected chi connectivity index (χ1v) is 8.01. The van der Waals surface area contributed by atoms with E-state index in [0.717, 1.165) is 6.07 Å². The van der Waals surface area contributed by atoms with Crippen LogP contribution in [-0.2, 0) is 4.74 Å². The van der Waals surface area contributed by atoms with Crippen molar-refractivity contribution >= 4 is 11.6 Å². The molecule has 10 nitrogen and oxygen atoms in total. The van der Waals surface area contributed by atoms with Crippen LogP contribution in [-0.4, -0.2) is 79.5 Å². The minimum Gasteiger partial charge on any atom is -0.504 e. The summed E-state index contributed by atoms with van der Waals surface area (Å²) < 4.78 is 10.5. The molecule has 1 aromatic carbocycles. The first kappa shape index (κ1) is 19.3. The van der Waals surface area contributed by atoms with Gasteiger partial charge < -0.3 is 40.1 Å². The molecule has 2 aliphatic rings. The standard InChI is InChI=1S/C17H18O10/c1-5-10(19)6-2-3-7(12(21)9(6)14(23)11(5)20)26-17-16(25)15(24)13(22)8(4-18)27-17/h2-3,8,13,15-18,20-22,24-25H,4H2,1H3/t8?,13-,15+,16-,17-/m1/s1. The van der Waals surface area contributed by atoms with Crippen molar-refractivity contribution in [2.75, 3.05) is 6.61 Å². The zero-order chi connectivity index (χ0) is 20.0. The van der Waals surface area contributed by atoms with Gasteiger partial charge in [0.2, 0.25) is 12.1 Å². The number of ketones is 2. The van der Waals surface area contributed by atoms with Gasteiger partial charge in [-0.25, -0.2) is 0 Å². The average molecular weight is 382 g/mol. The van der Waals surface area contributed by atoms with Crippen LogP contribution in [0.15, 0.2) is 23.5 Å². The Morgan fingerprint density at radius 1 is 1.04 bits per heavy atom. The monoisotopic (exact) mass is 382 g/mol. The van der Waals surface area contributed by atoms with Crippen LogP contribution in [0.2, 0.25) is 0 Å². The molecular formula is C17H18O10. The van der Waals surface area contributed by atoms with Gasteiger partial charge in [0.1, 0.15) is 24.4 Å². The van der Waals surface area contributed by atoms with Crippen LogP contribution in [0.3, 0.4) is 0 Å². The van der Waals surface area contributed by atoms with E-state index in [2.05, 4.69) is 0 Å². The van der Waals surface area contributed by atoms with Crippen LogP contribution < -0.4 is 4.74 Å². The molecule has 6 N–H and O–H groups in total. The molecule has 5 atom stereocenters. The Kier molecular flexibility index (Phi) is 4.93. The van der Waals surface area contributed by atoms with Crippen molar-refractivity contribution in [2.24, 2.45) is 0 Å². The molecule has 3 rings (SSSR count). The Balaban J connectivity index is 1.95. The summed E-state index contributed by atoms with van der Waals surface area (Å²) in [6, 6.07) is 2.35. The lowest BCUT2D eigenvalue weighted by Gasteiger charge is -2.39. The van der Waals surface area contributed by atoms with Crippen molar-refractivity contribution in [1.29, 1.82) is 0 Å². The van der Waals surface area contributed by atoms with E-state index >= 15 is 0 Å². The van der Waals surface area contributed by atoms with E-state index in [1.807, 2.05) is 0 Å². The van der Waals surface area contributed by atoms with Gasteiger partial charge in [0.15, 0.2) is 23.0 Å². The largest absolute Gasteiger partial charge is 0.504 e. The average Bonchev–Trinajstić information content (AvgIpc) is 2.66. The molecule has 27 heavy (non-hydrogen) atoms. The molecule has 146 valence electrons. The number of hydrogen-bond donors (Lipinski definition) is 6. The Bertz CT molecular complexity index is 827. The normalized spacial score (nSPS) is 31.1. The second-order valence-corrected chi connectivity index (χ2v) is 6.28. The van der Waals surface area contributed by atoms with Crippen LogP contribution in [0.4, 0.5) is 0 Å². The molecule has 1 aliphatic heterocycles. The van der Waals surface area contributed by atoms with Crippen molar-refractivity contribution in [2.45, 2.75) is 37.6 Å². The van der Waals surface area contributed by atoms with Crippen LogP contribution in [0.1, 0.15) is 27.6 Å². The van der Waals surface area contributed by atoms with Gasteiger partial charge in [-0.05, 0) is 19.1 Å². The fourth-order valence-corrected chi connectivity index (χ4v) is 2.97. The van der Waals surface area contributed by atoms with Gasteiger partial charge in [-0.3, -0.25) is 9.59 Å². The maximum atomic E-state index is 12.2. The second-order valence-electron chi connectivity index (χ2n) is 6.28. The molecule has 1 fully saturated rings. The van der Waals surface area contributed by atoms with Crippen molar-refractivity contribution in [3.8, 4) is 11.5 Å². The summed E-state index contributed by atoms with van der Waals surface area (Å²) in [4.78, 5) is 24.4. The highest BCUT2D eigenvalue weighted by Crippen LogP contribution is 2.39. The minimum absolute atomic E-state index is 0.131. The van der Waals surface area contributed by atoms with Crippen molar-refractivity contribution in [3.63, 3.8) is 0 Å². The summed E-state index contributed by atoms with van der Waals surface area (Å²) in [7, 11) is 0. The number of fused-ring (bicyclic) bond motifs is 1. The third-order valence-corrected chi connectivity index (χ3v) is 4.62. The number of phenolic OH excluding ortho intramolecular Hbond substituents is 1. The van der Waals surface area contributed by atoms with Gasteiger partial charge in [-0.15, -0.1) is 0 Å². The van der Waals surface area contributed by atoms with Crippen molar-refractivity contribution in [3.05, 3.63) is 34.6 Å². The molecule has 0 radical (unpaired) electrons. The maximum absolute atomic E-state index is 12.2. The van der Waals surface area contributed by atoms with E-state index in [0.29, 0.717) is 0 Å². The number of ether oxygens (including phenoxy) is 2. The van der Waals surface area contributed by atoms with E-state index < -0.39 is 66.0 Å². The molecule has 10 heteroatoms. The number of allylic oxidation sites excluding steroid dienone is 2. The van der Waals surface area contributed by atoms with Crippen LogP contribution in [0.25, 0.3) is 0 Å². The Hall–Kier alpha value is -2.50. The van der Waals surface area contributed by atoms with Gasteiger partial charge in [0.25, 0.3) is 0 Å². The molecule has 1 heterocycles. The lowest BCUT2D eigenvalue weighted by atomic mass is 9.88. The molecule has 0 amide bonds. The van der Waals surface area contributed by atoms with Gasteiger partial charge in [-0.2, -0.15) is 0 Å². The molecule has 0 saturated carbocycles. The number of phenols is 1.